The van der Waals surface area contributed by atoms with Crippen molar-refractivity contribution in [2.24, 2.45) is 5.73 Å². The highest BCUT2D eigenvalue weighted by Gasteiger charge is 2.01. The average molecular weight is 172 g/mol. The van der Waals surface area contributed by atoms with Crippen molar-refractivity contribution in [2.45, 2.75) is 13.0 Å². The molecule has 0 aliphatic heterocycles. The molecule has 2 nitrogen and oxygen atoms in total. The van der Waals surface area contributed by atoms with Crippen molar-refractivity contribution in [1.82, 2.24) is 4.98 Å². The van der Waals surface area contributed by atoms with E-state index in [0.29, 0.717) is 0 Å². The maximum atomic E-state index is 5.74. The summed E-state index contributed by atoms with van der Waals surface area (Å²) >= 11 is 0. The summed E-state index contributed by atoms with van der Waals surface area (Å²) in [7, 11) is 0. The minimum Gasteiger partial charge on any atom is -0.323 e. The van der Waals surface area contributed by atoms with Crippen molar-refractivity contribution >= 4 is 10.9 Å². The lowest BCUT2D eigenvalue weighted by atomic mass is 10.1. The van der Waals surface area contributed by atoms with Crippen molar-refractivity contribution in [3.63, 3.8) is 0 Å². The van der Waals surface area contributed by atoms with Gasteiger partial charge in [0.25, 0.3) is 0 Å². The van der Waals surface area contributed by atoms with E-state index in [1.165, 1.54) is 0 Å². The first kappa shape index (κ1) is 8.20. The van der Waals surface area contributed by atoms with Crippen LogP contribution in [-0.2, 0) is 0 Å². The van der Waals surface area contributed by atoms with Gasteiger partial charge in [-0.2, -0.15) is 0 Å². The summed E-state index contributed by atoms with van der Waals surface area (Å²) in [6.07, 6.45) is 0. The van der Waals surface area contributed by atoms with Gasteiger partial charge >= 0.3 is 0 Å². The van der Waals surface area contributed by atoms with Crippen LogP contribution in [0.1, 0.15) is 18.7 Å². The van der Waals surface area contributed by atoms with E-state index in [1.54, 1.807) is 0 Å². The third-order valence-electron chi connectivity index (χ3n) is 2.09. The van der Waals surface area contributed by atoms with E-state index in [4.69, 9.17) is 5.73 Å². The molecule has 2 aromatic rings. The second-order valence-corrected chi connectivity index (χ2v) is 3.22. The Bertz CT molecular complexity index is 421. The van der Waals surface area contributed by atoms with Crippen molar-refractivity contribution in [3.05, 3.63) is 42.1 Å². The fourth-order valence-corrected chi connectivity index (χ4v) is 1.34. The highest BCUT2D eigenvalue weighted by atomic mass is 14.8. The molecule has 2 rings (SSSR count). The third-order valence-corrected chi connectivity index (χ3v) is 2.09. The van der Waals surface area contributed by atoms with Crippen LogP contribution in [0, 0.1) is 0 Å². The van der Waals surface area contributed by atoms with Crippen LogP contribution in [0.15, 0.2) is 36.4 Å². The first-order valence-corrected chi connectivity index (χ1v) is 4.38. The molecule has 0 saturated carbocycles. The number of nitrogens with two attached hydrogens (primary N) is 1. The number of rotatable bonds is 1. The summed E-state index contributed by atoms with van der Waals surface area (Å²) in [4.78, 5) is 4.45. The second kappa shape index (κ2) is 3.15. The van der Waals surface area contributed by atoms with Crippen molar-refractivity contribution < 1.29 is 0 Å². The van der Waals surface area contributed by atoms with E-state index < -0.39 is 0 Å². The van der Waals surface area contributed by atoms with Crippen molar-refractivity contribution in [2.75, 3.05) is 0 Å². The summed E-state index contributed by atoms with van der Waals surface area (Å²) in [6, 6.07) is 12.1. The van der Waals surface area contributed by atoms with Crippen LogP contribution in [0.25, 0.3) is 10.9 Å². The molecule has 0 saturated heterocycles. The molecule has 66 valence electrons. The summed E-state index contributed by atoms with van der Waals surface area (Å²) in [5.41, 5.74) is 7.70. The summed E-state index contributed by atoms with van der Waals surface area (Å²) in [5.74, 6) is 0. The topological polar surface area (TPSA) is 38.9 Å². The van der Waals surface area contributed by atoms with Gasteiger partial charge in [0, 0.05) is 11.4 Å². The zero-order valence-electron chi connectivity index (χ0n) is 7.57. The van der Waals surface area contributed by atoms with Gasteiger partial charge in [-0.3, -0.25) is 4.98 Å². The molecule has 0 fully saturated rings. The van der Waals surface area contributed by atoms with Crippen LogP contribution >= 0.6 is 0 Å². The number of aromatic nitrogens is 1. The number of benzene rings is 1. The van der Waals surface area contributed by atoms with E-state index in [0.717, 1.165) is 16.6 Å². The Hall–Kier alpha value is -1.41. The van der Waals surface area contributed by atoms with Crippen LogP contribution in [0.3, 0.4) is 0 Å². The maximum absolute atomic E-state index is 5.74. The van der Waals surface area contributed by atoms with Gasteiger partial charge in [-0.1, -0.05) is 24.3 Å². The molecule has 0 amide bonds. The molecule has 0 aliphatic rings. The Labute approximate surface area is 77.4 Å². The highest BCUT2D eigenvalue weighted by Crippen LogP contribution is 2.14. The van der Waals surface area contributed by atoms with Gasteiger partial charge in [0.15, 0.2) is 0 Å². The Balaban J connectivity index is 2.62. The molecule has 0 spiro atoms. The number of pyridine rings is 1. The first-order chi connectivity index (χ1) is 6.27. The van der Waals surface area contributed by atoms with Gasteiger partial charge in [-0.25, -0.2) is 0 Å². The predicted molar refractivity (Wildman–Crippen MR) is 54.3 cm³/mol. The lowest BCUT2D eigenvalue weighted by Crippen LogP contribution is -2.06. The average Bonchev–Trinajstić information content (AvgIpc) is 2.17. The van der Waals surface area contributed by atoms with E-state index in [9.17, 15) is 0 Å². The van der Waals surface area contributed by atoms with Crippen molar-refractivity contribution in [1.29, 1.82) is 0 Å². The molecule has 0 aliphatic carbocycles. The smallest absolute Gasteiger partial charge is 0.0706 e. The molecule has 0 radical (unpaired) electrons. The van der Waals surface area contributed by atoms with Crippen LogP contribution in [0.5, 0.6) is 0 Å². The molecule has 0 bridgehead atoms. The molecule has 1 aromatic heterocycles. The fourth-order valence-electron chi connectivity index (χ4n) is 1.34. The fraction of sp³-hybridized carbons (Fsp3) is 0.182. The molecular weight excluding hydrogens is 160 g/mol. The Morgan fingerprint density at radius 2 is 1.92 bits per heavy atom. The van der Waals surface area contributed by atoms with Gasteiger partial charge in [0.2, 0.25) is 0 Å². The second-order valence-electron chi connectivity index (χ2n) is 3.22. The normalized spacial score (nSPS) is 13.1. The summed E-state index contributed by atoms with van der Waals surface area (Å²) in [5, 5.41) is 1.16. The van der Waals surface area contributed by atoms with E-state index in [-0.39, 0.29) is 6.04 Å². The van der Waals surface area contributed by atoms with Crippen LogP contribution in [-0.4, -0.2) is 4.98 Å². The zero-order valence-corrected chi connectivity index (χ0v) is 7.57. The summed E-state index contributed by atoms with van der Waals surface area (Å²) < 4.78 is 0. The Kier molecular flexibility index (Phi) is 1.99. The molecule has 1 atom stereocenters. The number of nitrogens with zero attached hydrogens (tertiary/aromatic N) is 1. The molecule has 1 heterocycles. The van der Waals surface area contributed by atoms with Gasteiger partial charge < -0.3 is 5.73 Å². The largest absolute Gasteiger partial charge is 0.323 e. The van der Waals surface area contributed by atoms with Crippen LogP contribution in [0.4, 0.5) is 0 Å². The lowest BCUT2D eigenvalue weighted by molar-refractivity contribution is 0.787. The van der Waals surface area contributed by atoms with Gasteiger partial charge in [-0.15, -0.1) is 0 Å². The van der Waals surface area contributed by atoms with E-state index >= 15 is 0 Å². The number of hydrogen-bond acceptors (Lipinski definition) is 2. The molecule has 0 unspecified atom stereocenters. The summed E-state index contributed by atoms with van der Waals surface area (Å²) in [6.45, 7) is 1.94. The van der Waals surface area contributed by atoms with Gasteiger partial charge in [0.1, 0.15) is 0 Å². The molecule has 13 heavy (non-hydrogen) atoms. The van der Waals surface area contributed by atoms with Crippen LogP contribution < -0.4 is 5.73 Å². The minimum absolute atomic E-state index is 0.00426. The quantitative estimate of drug-likeness (QED) is 0.716. The lowest BCUT2D eigenvalue weighted by Gasteiger charge is -2.05. The number of hydrogen-bond donors (Lipinski definition) is 1. The number of para-hydroxylation sites is 1. The SMILES string of the molecule is C[C@H](N)c1ccc2ccccc2n1. The Morgan fingerprint density at radius 1 is 1.15 bits per heavy atom. The first-order valence-electron chi connectivity index (χ1n) is 4.38. The van der Waals surface area contributed by atoms with E-state index in [1.807, 2.05) is 37.3 Å². The van der Waals surface area contributed by atoms with E-state index in [2.05, 4.69) is 11.1 Å². The maximum Gasteiger partial charge on any atom is 0.0706 e. The van der Waals surface area contributed by atoms with Gasteiger partial charge in [-0.05, 0) is 19.1 Å². The number of fused-ring (bicyclic) bond motifs is 1. The molecule has 2 heteroatoms. The predicted octanol–water partition coefficient (Wildman–Crippen LogP) is 2.25. The monoisotopic (exact) mass is 172 g/mol. The molecule has 2 N–H and O–H groups in total. The Morgan fingerprint density at radius 3 is 2.69 bits per heavy atom. The standard InChI is InChI=1S/C11H12N2/c1-8(12)10-7-6-9-4-2-3-5-11(9)13-10/h2-8H,12H2,1H3/t8-/m0/s1. The van der Waals surface area contributed by atoms with Crippen LogP contribution in [0.2, 0.25) is 0 Å². The minimum atomic E-state index is 0.00426. The zero-order chi connectivity index (χ0) is 9.26. The van der Waals surface area contributed by atoms with Gasteiger partial charge in [0.05, 0.1) is 11.2 Å². The molecule has 1 aromatic carbocycles. The third kappa shape index (κ3) is 1.53. The molecular formula is C11H12N2. The highest BCUT2D eigenvalue weighted by molar-refractivity contribution is 5.78. The van der Waals surface area contributed by atoms with Crippen molar-refractivity contribution in [3.8, 4) is 0 Å².